The van der Waals surface area contributed by atoms with Gasteiger partial charge in [-0.25, -0.2) is 0 Å². The van der Waals surface area contributed by atoms with E-state index in [1.165, 1.54) is 16.7 Å². The topological polar surface area (TPSA) is 61.3 Å². The second-order valence-electron chi connectivity index (χ2n) is 5.41. The Morgan fingerprint density at radius 1 is 1.16 bits per heavy atom. The Hall–Kier alpha value is -1.06. The lowest BCUT2D eigenvalue weighted by molar-refractivity contribution is 0.329. The van der Waals surface area contributed by atoms with Crippen LogP contribution in [0.3, 0.4) is 0 Å². The van der Waals surface area contributed by atoms with Gasteiger partial charge < -0.3 is 16.2 Å². The lowest BCUT2D eigenvalue weighted by Gasteiger charge is -2.22. The van der Waals surface area contributed by atoms with Crippen LogP contribution in [0, 0.1) is 19.8 Å². The Labute approximate surface area is 117 Å². The van der Waals surface area contributed by atoms with Gasteiger partial charge in [0.15, 0.2) is 0 Å². The molecule has 1 rings (SSSR count). The van der Waals surface area contributed by atoms with Crippen molar-refractivity contribution in [1.82, 2.24) is 0 Å². The first-order valence-electron chi connectivity index (χ1n) is 7.17. The summed E-state index contributed by atoms with van der Waals surface area (Å²) in [5.41, 5.74) is 15.3. The summed E-state index contributed by atoms with van der Waals surface area (Å²) in [5, 5.41) is 0. The summed E-state index contributed by atoms with van der Waals surface area (Å²) < 4.78 is 5.83. The molecular formula is C16H28N2O. The Balaban J connectivity index is 3.02. The van der Waals surface area contributed by atoms with Gasteiger partial charge in [0.05, 0.1) is 6.61 Å². The summed E-state index contributed by atoms with van der Waals surface area (Å²) in [6.45, 7) is 10.5. The maximum Gasteiger partial charge on any atom is 0.125 e. The van der Waals surface area contributed by atoms with Gasteiger partial charge in [-0.1, -0.05) is 24.6 Å². The number of hydrogen-bond acceptors (Lipinski definition) is 3. The number of nitrogens with two attached hydrogens (primary N) is 2. The fraction of sp³-hybridized carbons (Fsp3) is 0.625. The lowest BCUT2D eigenvalue weighted by Crippen LogP contribution is -2.24. The van der Waals surface area contributed by atoms with Gasteiger partial charge in [0.2, 0.25) is 0 Å². The van der Waals surface area contributed by atoms with E-state index in [1.807, 2.05) is 6.92 Å². The van der Waals surface area contributed by atoms with Gasteiger partial charge >= 0.3 is 0 Å². The van der Waals surface area contributed by atoms with Crippen LogP contribution < -0.4 is 16.2 Å². The highest BCUT2D eigenvalue weighted by Gasteiger charge is 2.18. The van der Waals surface area contributed by atoms with E-state index in [9.17, 15) is 0 Å². The van der Waals surface area contributed by atoms with Crippen molar-refractivity contribution in [2.75, 3.05) is 19.7 Å². The average molecular weight is 264 g/mol. The van der Waals surface area contributed by atoms with Crippen molar-refractivity contribution in [3.8, 4) is 5.75 Å². The third-order valence-corrected chi connectivity index (χ3v) is 3.62. The minimum absolute atomic E-state index is 0.380. The quantitative estimate of drug-likeness (QED) is 0.796. The summed E-state index contributed by atoms with van der Waals surface area (Å²) in [5.74, 6) is 1.83. The number of rotatable bonds is 7. The molecule has 0 amide bonds. The average Bonchev–Trinajstić information content (AvgIpc) is 2.38. The maximum atomic E-state index is 5.83. The van der Waals surface area contributed by atoms with Crippen LogP contribution in [-0.2, 0) is 0 Å². The third-order valence-electron chi connectivity index (χ3n) is 3.62. The molecule has 0 spiro atoms. The minimum atomic E-state index is 0.380. The Kier molecular flexibility index (Phi) is 6.32. The first-order chi connectivity index (χ1) is 9.03. The number of hydrogen-bond donors (Lipinski definition) is 2. The molecule has 0 bridgehead atoms. The van der Waals surface area contributed by atoms with E-state index in [-0.39, 0.29) is 0 Å². The monoisotopic (exact) mass is 264 g/mol. The smallest absolute Gasteiger partial charge is 0.125 e. The Morgan fingerprint density at radius 3 is 2.32 bits per heavy atom. The van der Waals surface area contributed by atoms with Crippen molar-refractivity contribution in [1.29, 1.82) is 0 Å². The van der Waals surface area contributed by atoms with Crippen molar-refractivity contribution in [3.63, 3.8) is 0 Å². The van der Waals surface area contributed by atoms with E-state index in [1.54, 1.807) is 0 Å². The van der Waals surface area contributed by atoms with E-state index in [0.29, 0.717) is 31.5 Å². The van der Waals surface area contributed by atoms with Crippen LogP contribution in [0.25, 0.3) is 0 Å². The predicted octanol–water partition coefficient (Wildman–Crippen LogP) is 2.73. The SMILES string of the molecule is CCOc1c(C)cc(C)cc1C(C)CC(CN)CN. The highest BCUT2D eigenvalue weighted by atomic mass is 16.5. The molecule has 4 N–H and O–H groups in total. The molecule has 0 heterocycles. The summed E-state index contributed by atoms with van der Waals surface area (Å²) in [6.07, 6.45) is 1.01. The van der Waals surface area contributed by atoms with Gasteiger partial charge in [0, 0.05) is 0 Å². The van der Waals surface area contributed by atoms with E-state index in [0.717, 1.165) is 12.2 Å². The minimum Gasteiger partial charge on any atom is -0.493 e. The largest absolute Gasteiger partial charge is 0.493 e. The van der Waals surface area contributed by atoms with E-state index >= 15 is 0 Å². The molecule has 0 saturated heterocycles. The predicted molar refractivity (Wildman–Crippen MR) is 81.7 cm³/mol. The van der Waals surface area contributed by atoms with Gasteiger partial charge in [-0.15, -0.1) is 0 Å². The van der Waals surface area contributed by atoms with Crippen LogP contribution in [0.15, 0.2) is 12.1 Å². The number of benzene rings is 1. The molecule has 3 nitrogen and oxygen atoms in total. The van der Waals surface area contributed by atoms with Gasteiger partial charge in [0.25, 0.3) is 0 Å². The van der Waals surface area contributed by atoms with E-state index in [2.05, 4.69) is 32.9 Å². The molecule has 108 valence electrons. The highest BCUT2D eigenvalue weighted by molar-refractivity contribution is 5.45. The fourth-order valence-electron chi connectivity index (χ4n) is 2.61. The zero-order valence-corrected chi connectivity index (χ0v) is 12.7. The van der Waals surface area contributed by atoms with E-state index < -0.39 is 0 Å². The molecule has 19 heavy (non-hydrogen) atoms. The fourth-order valence-corrected chi connectivity index (χ4v) is 2.61. The summed E-state index contributed by atoms with van der Waals surface area (Å²) in [7, 11) is 0. The summed E-state index contributed by atoms with van der Waals surface area (Å²) >= 11 is 0. The molecule has 1 aromatic carbocycles. The van der Waals surface area contributed by atoms with Crippen molar-refractivity contribution < 1.29 is 4.74 Å². The van der Waals surface area contributed by atoms with Crippen LogP contribution in [0.1, 0.15) is 42.9 Å². The molecule has 0 saturated carbocycles. The first kappa shape index (κ1) is 16.0. The molecule has 0 fully saturated rings. The summed E-state index contributed by atoms with van der Waals surface area (Å²) in [4.78, 5) is 0. The molecular weight excluding hydrogens is 236 g/mol. The first-order valence-corrected chi connectivity index (χ1v) is 7.17. The van der Waals surface area contributed by atoms with Crippen molar-refractivity contribution in [2.24, 2.45) is 17.4 Å². The van der Waals surface area contributed by atoms with Gasteiger partial charge in [-0.05, 0) is 63.2 Å². The normalized spacial score (nSPS) is 12.8. The molecule has 0 aliphatic carbocycles. The Morgan fingerprint density at radius 2 is 1.79 bits per heavy atom. The van der Waals surface area contributed by atoms with Crippen LogP contribution in [0.5, 0.6) is 5.75 Å². The molecule has 1 atom stereocenters. The number of aryl methyl sites for hydroxylation is 2. The zero-order chi connectivity index (χ0) is 14.4. The number of ether oxygens (including phenoxy) is 1. The van der Waals surface area contributed by atoms with Gasteiger partial charge in [0.1, 0.15) is 5.75 Å². The lowest BCUT2D eigenvalue weighted by atomic mass is 9.88. The summed E-state index contributed by atoms with van der Waals surface area (Å²) in [6, 6.07) is 4.40. The highest BCUT2D eigenvalue weighted by Crippen LogP contribution is 2.34. The molecule has 1 unspecified atom stereocenters. The standard InChI is InChI=1S/C16H28N2O/c1-5-19-16-13(4)6-11(2)7-15(16)12(3)8-14(9-17)10-18/h6-7,12,14H,5,8-10,17-18H2,1-4H3. The molecule has 0 aromatic heterocycles. The van der Waals surface area contributed by atoms with Crippen LogP contribution in [-0.4, -0.2) is 19.7 Å². The molecule has 0 radical (unpaired) electrons. The van der Waals surface area contributed by atoms with Crippen LogP contribution >= 0.6 is 0 Å². The molecule has 0 aliphatic heterocycles. The molecule has 0 aliphatic rings. The van der Waals surface area contributed by atoms with Crippen molar-refractivity contribution in [3.05, 3.63) is 28.8 Å². The van der Waals surface area contributed by atoms with E-state index in [4.69, 9.17) is 16.2 Å². The van der Waals surface area contributed by atoms with Crippen LogP contribution in [0.4, 0.5) is 0 Å². The zero-order valence-electron chi connectivity index (χ0n) is 12.7. The second-order valence-corrected chi connectivity index (χ2v) is 5.41. The Bertz CT molecular complexity index is 400. The maximum absolute atomic E-state index is 5.83. The van der Waals surface area contributed by atoms with Crippen LogP contribution in [0.2, 0.25) is 0 Å². The van der Waals surface area contributed by atoms with Crippen molar-refractivity contribution in [2.45, 2.75) is 40.0 Å². The third kappa shape index (κ3) is 4.22. The molecule has 1 aromatic rings. The van der Waals surface area contributed by atoms with Crippen molar-refractivity contribution >= 4 is 0 Å². The second kappa shape index (κ2) is 7.51. The van der Waals surface area contributed by atoms with Gasteiger partial charge in [-0.2, -0.15) is 0 Å². The molecule has 3 heteroatoms. The van der Waals surface area contributed by atoms with Gasteiger partial charge in [-0.3, -0.25) is 0 Å².